The van der Waals surface area contributed by atoms with Crippen LogP contribution in [0, 0.1) is 18.7 Å². The van der Waals surface area contributed by atoms with Crippen molar-refractivity contribution in [2.24, 2.45) is 0 Å². The van der Waals surface area contributed by atoms with Crippen LogP contribution >= 0.6 is 0 Å². The van der Waals surface area contributed by atoms with Gasteiger partial charge in [0.1, 0.15) is 18.2 Å². The molecule has 1 N–H and O–H groups in total. The minimum absolute atomic E-state index is 0.0147. The van der Waals surface area contributed by atoms with Crippen molar-refractivity contribution in [3.05, 3.63) is 99.9 Å². The van der Waals surface area contributed by atoms with Crippen LogP contribution < -0.4 is 5.56 Å². The van der Waals surface area contributed by atoms with Crippen molar-refractivity contribution < 1.29 is 31.8 Å². The Kier molecular flexibility index (Phi) is 8.95. The summed E-state index contributed by atoms with van der Waals surface area (Å²) < 4.78 is 68.3. The van der Waals surface area contributed by atoms with Crippen LogP contribution in [0.1, 0.15) is 37.0 Å². The van der Waals surface area contributed by atoms with E-state index in [9.17, 15) is 22.7 Å². The summed E-state index contributed by atoms with van der Waals surface area (Å²) in [5.41, 5.74) is -0.00209. The van der Waals surface area contributed by atoms with E-state index in [2.05, 4.69) is 9.97 Å². The summed E-state index contributed by atoms with van der Waals surface area (Å²) in [4.78, 5) is 20.1. The second-order valence-electron chi connectivity index (χ2n) is 9.51. The Morgan fingerprint density at radius 3 is 2.29 bits per heavy atom. The summed E-state index contributed by atoms with van der Waals surface area (Å²) in [5.74, 6) is -2.75. The van der Waals surface area contributed by atoms with Crippen LogP contribution in [0.15, 0.2) is 75.2 Å². The highest BCUT2D eigenvalue weighted by Gasteiger charge is 2.33. The third kappa shape index (κ3) is 6.19. The van der Waals surface area contributed by atoms with Crippen molar-refractivity contribution >= 4 is 9.84 Å². The van der Waals surface area contributed by atoms with Gasteiger partial charge in [-0.2, -0.15) is 9.37 Å². The number of pyridine rings is 1. The third-order valence-corrected chi connectivity index (χ3v) is 8.13. The Morgan fingerprint density at radius 2 is 1.68 bits per heavy atom. The maximum Gasteiger partial charge on any atom is 0.277 e. The number of aryl methyl sites for hydroxylation is 1. The van der Waals surface area contributed by atoms with Crippen molar-refractivity contribution in [3.63, 3.8) is 0 Å². The van der Waals surface area contributed by atoms with Crippen LogP contribution in [0.3, 0.4) is 0 Å². The summed E-state index contributed by atoms with van der Waals surface area (Å²) >= 11 is 0. The summed E-state index contributed by atoms with van der Waals surface area (Å²) in [6, 6.07) is 13.4. The number of halogens is 2. The fraction of sp³-hybridized carbons (Fsp3) is 0.276. The Hall–Kier alpha value is -4.00. The molecular weight excluding hydrogens is 556 g/mol. The number of rotatable bonds is 10. The maximum absolute atomic E-state index is 15.3. The molecule has 0 saturated heterocycles. The molecule has 2 heterocycles. The normalized spacial score (nSPS) is 12.6. The Labute approximate surface area is 236 Å². The number of aromatic nitrogens is 3. The monoisotopic (exact) mass is 585 g/mol. The summed E-state index contributed by atoms with van der Waals surface area (Å²) in [6.45, 7) is 4.79. The van der Waals surface area contributed by atoms with Gasteiger partial charge in [0.25, 0.3) is 5.56 Å². The first-order valence-corrected chi connectivity index (χ1v) is 14.1. The predicted octanol–water partition coefficient (Wildman–Crippen LogP) is 4.59. The molecule has 4 rings (SSSR count). The lowest BCUT2D eigenvalue weighted by Gasteiger charge is -2.24. The first-order valence-electron chi connectivity index (χ1n) is 12.6. The van der Waals surface area contributed by atoms with Gasteiger partial charge < -0.3 is 14.6 Å². The van der Waals surface area contributed by atoms with E-state index in [4.69, 9.17) is 9.47 Å². The summed E-state index contributed by atoms with van der Waals surface area (Å²) in [5, 5.41) is 10.8. The number of benzene rings is 2. The lowest BCUT2D eigenvalue weighted by atomic mass is 10.0. The average Bonchev–Trinajstić information content (AvgIpc) is 2.91. The topological polar surface area (TPSA) is 121 Å². The van der Waals surface area contributed by atoms with E-state index in [0.29, 0.717) is 5.56 Å². The van der Waals surface area contributed by atoms with E-state index < -0.39 is 48.9 Å². The molecule has 0 spiro atoms. The summed E-state index contributed by atoms with van der Waals surface area (Å²) in [6.07, 6.45) is -0.259. The average molecular weight is 586 g/mol. The van der Waals surface area contributed by atoms with Crippen LogP contribution in [-0.2, 0) is 25.9 Å². The number of hydrogen-bond donors (Lipinski definition) is 1. The molecule has 1 atom stereocenters. The van der Waals surface area contributed by atoms with Gasteiger partial charge in [0, 0.05) is 23.9 Å². The highest BCUT2D eigenvalue weighted by Crippen LogP contribution is 2.31. The molecule has 9 nitrogen and oxygen atoms in total. The highest BCUT2D eigenvalue weighted by molar-refractivity contribution is 7.91. The minimum atomic E-state index is -4.78. The van der Waals surface area contributed by atoms with Crippen LogP contribution in [-0.4, -0.2) is 47.9 Å². The van der Waals surface area contributed by atoms with E-state index in [1.54, 1.807) is 44.2 Å². The van der Waals surface area contributed by atoms with Crippen LogP contribution in [0.4, 0.5) is 8.78 Å². The molecule has 0 amide bonds. The molecule has 0 aliphatic heterocycles. The van der Waals surface area contributed by atoms with Crippen LogP contribution in [0.25, 0.3) is 11.1 Å². The van der Waals surface area contributed by atoms with Crippen LogP contribution in [0.5, 0.6) is 5.88 Å². The van der Waals surface area contributed by atoms with Gasteiger partial charge in [0.2, 0.25) is 21.7 Å². The molecule has 0 radical (unpaired) electrons. The first-order chi connectivity index (χ1) is 19.4. The summed E-state index contributed by atoms with van der Waals surface area (Å²) in [7, 11) is -3.35. The zero-order chi connectivity index (χ0) is 29.9. The smallest absolute Gasteiger partial charge is 0.277 e. The minimum Gasteiger partial charge on any atom is -0.492 e. The van der Waals surface area contributed by atoms with E-state index in [-0.39, 0.29) is 42.0 Å². The third-order valence-electron chi connectivity index (χ3n) is 6.36. The fourth-order valence-corrected chi connectivity index (χ4v) is 5.77. The van der Waals surface area contributed by atoms with E-state index in [1.165, 1.54) is 26.2 Å². The molecule has 2 aromatic heterocycles. The first kappa shape index (κ1) is 30.0. The van der Waals surface area contributed by atoms with E-state index in [0.717, 1.165) is 22.8 Å². The zero-order valence-electron chi connectivity index (χ0n) is 22.8. The van der Waals surface area contributed by atoms with Gasteiger partial charge in [-0.05, 0) is 50.6 Å². The highest BCUT2D eigenvalue weighted by atomic mass is 32.2. The number of sulfone groups is 1. The van der Waals surface area contributed by atoms with Gasteiger partial charge in [-0.1, -0.05) is 36.4 Å². The second-order valence-corrected chi connectivity index (χ2v) is 11.4. The molecule has 1 unspecified atom stereocenters. The fourth-order valence-electron chi connectivity index (χ4n) is 4.42. The lowest BCUT2D eigenvalue weighted by molar-refractivity contribution is 0.0557. The molecule has 41 heavy (non-hydrogen) atoms. The maximum atomic E-state index is 15.3. The SMILES string of the molecule is COCC(c1ccccc1)n1c(COC(C)C)nc(O)c(S(=O)(=O)c2ccc(-c3ccc(F)nc3C)c(F)c2)c1=O. The molecule has 2 aromatic carbocycles. The molecule has 0 bridgehead atoms. The quantitative estimate of drug-likeness (QED) is 0.268. The van der Waals surface area contributed by atoms with Gasteiger partial charge in [-0.3, -0.25) is 9.36 Å². The Bertz CT molecular complexity index is 1730. The number of methoxy groups -OCH3 is 1. The van der Waals surface area contributed by atoms with Crippen LogP contribution in [0.2, 0.25) is 0 Å². The number of hydrogen-bond acceptors (Lipinski definition) is 8. The number of ether oxygens (including phenoxy) is 2. The Morgan fingerprint density at radius 1 is 1.00 bits per heavy atom. The molecule has 4 aromatic rings. The Balaban J connectivity index is 1.90. The van der Waals surface area contributed by atoms with Crippen molar-refractivity contribution in [3.8, 4) is 17.0 Å². The van der Waals surface area contributed by atoms with Crippen molar-refractivity contribution in [1.29, 1.82) is 0 Å². The standard InChI is InChI=1S/C29H29F2N3O6S/c1-17(2)40-16-26-33-28(35)27(29(36)34(26)24(15-39-4)19-8-6-5-7-9-19)41(37,38)20-10-11-22(23(30)14-20)21-12-13-25(31)32-18(21)3/h5-14,17,24,35H,15-16H2,1-4H3. The van der Waals surface area contributed by atoms with Crippen molar-refractivity contribution in [2.75, 3.05) is 13.7 Å². The molecule has 0 aliphatic carbocycles. The van der Waals surface area contributed by atoms with Gasteiger partial charge in [-0.15, -0.1) is 0 Å². The van der Waals surface area contributed by atoms with E-state index in [1.807, 2.05) is 0 Å². The molecule has 216 valence electrons. The largest absolute Gasteiger partial charge is 0.492 e. The number of aromatic hydroxyl groups is 1. The molecule has 0 aliphatic rings. The molecular formula is C29H29F2N3O6S. The molecule has 12 heteroatoms. The van der Waals surface area contributed by atoms with Gasteiger partial charge in [0.15, 0.2) is 4.90 Å². The lowest BCUT2D eigenvalue weighted by Crippen LogP contribution is -2.35. The van der Waals surface area contributed by atoms with Crippen molar-refractivity contribution in [1.82, 2.24) is 14.5 Å². The van der Waals surface area contributed by atoms with Gasteiger partial charge >= 0.3 is 0 Å². The van der Waals surface area contributed by atoms with Gasteiger partial charge in [0.05, 0.1) is 23.6 Å². The second kappa shape index (κ2) is 12.2. The van der Waals surface area contributed by atoms with Gasteiger partial charge in [-0.25, -0.2) is 17.8 Å². The van der Waals surface area contributed by atoms with E-state index >= 15 is 4.39 Å². The predicted molar refractivity (Wildman–Crippen MR) is 146 cm³/mol. The molecule has 0 saturated carbocycles. The molecule has 0 fully saturated rings. The zero-order valence-corrected chi connectivity index (χ0v) is 23.7. The van der Waals surface area contributed by atoms with Crippen molar-refractivity contribution in [2.45, 2.75) is 49.3 Å². The number of nitrogens with zero attached hydrogens (tertiary/aromatic N) is 3.